The lowest BCUT2D eigenvalue weighted by atomic mass is 9.84. The molecule has 0 radical (unpaired) electrons. The monoisotopic (exact) mass is 844 g/mol. The van der Waals surface area contributed by atoms with Crippen LogP contribution >= 0.6 is 0 Å². The minimum absolute atomic E-state index is 0.609. The molecule has 310 valence electrons. The summed E-state index contributed by atoms with van der Waals surface area (Å²) in [4.78, 5) is 30.0. The molecule has 6 nitrogen and oxygen atoms in total. The van der Waals surface area contributed by atoms with Crippen LogP contribution in [0.15, 0.2) is 243 Å². The highest BCUT2D eigenvalue weighted by atomic mass is 15.0. The Morgan fingerprint density at radius 2 is 0.424 bits per heavy atom. The third kappa shape index (κ3) is 8.30. The number of benzene rings is 9. The second kappa shape index (κ2) is 18.0. The number of nitrogens with zero attached hydrogens (tertiary/aromatic N) is 6. The van der Waals surface area contributed by atoms with Crippen molar-refractivity contribution in [3.8, 4) is 113 Å². The maximum Gasteiger partial charge on any atom is 0.164 e. The molecule has 0 atom stereocenters. The molecule has 66 heavy (non-hydrogen) atoms. The fourth-order valence-electron chi connectivity index (χ4n) is 8.31. The average molecular weight is 845 g/mol. The SMILES string of the molecule is c1ccc(-c2nc(-c3ccccc3)nc(-c3ccc(-c4c(-c5ccccc5)cc(-c5cccc(-c6nc(-c7ccccc7)nc(-c7ccccc7)n6)c5)cc4-c4ccccc4)cc3)n2)cc1. The van der Waals surface area contributed by atoms with E-state index >= 15 is 0 Å². The van der Waals surface area contributed by atoms with E-state index in [1.165, 1.54) is 0 Å². The van der Waals surface area contributed by atoms with Gasteiger partial charge < -0.3 is 0 Å². The number of aromatic nitrogens is 6. The fourth-order valence-corrected chi connectivity index (χ4v) is 8.31. The molecule has 0 saturated carbocycles. The van der Waals surface area contributed by atoms with E-state index in [1.807, 2.05) is 121 Å². The second-order valence-electron chi connectivity index (χ2n) is 15.9. The van der Waals surface area contributed by atoms with Gasteiger partial charge in [0.1, 0.15) is 0 Å². The molecule has 0 spiro atoms. The molecule has 0 fully saturated rings. The number of rotatable bonds is 10. The average Bonchev–Trinajstić information content (AvgIpc) is 3.42. The highest BCUT2D eigenvalue weighted by Gasteiger charge is 2.20. The zero-order chi connectivity index (χ0) is 44.1. The largest absolute Gasteiger partial charge is 0.208 e. The van der Waals surface area contributed by atoms with Gasteiger partial charge in [0.25, 0.3) is 0 Å². The number of hydrogen-bond donors (Lipinski definition) is 0. The van der Waals surface area contributed by atoms with Crippen LogP contribution in [0, 0.1) is 0 Å². The van der Waals surface area contributed by atoms with Gasteiger partial charge in [-0.2, -0.15) is 0 Å². The molecule has 0 aliphatic rings. The van der Waals surface area contributed by atoms with Crippen molar-refractivity contribution < 1.29 is 0 Å². The molecular weight excluding hydrogens is 805 g/mol. The standard InChI is InChI=1S/C60H40N6/c1-7-20-41(21-8-1)52-39-51(49-32-19-33-50(38-49)60-65-57(46-28-15-5-16-29-46)62-58(66-60)47-30-17-6-18-31-47)40-53(42-22-9-2-10-23-42)54(52)43-34-36-48(37-35-43)59-63-55(44-24-11-3-12-25-44)61-56(64-59)45-26-13-4-14-27-45/h1-40H. The van der Waals surface area contributed by atoms with Crippen LogP contribution in [0.4, 0.5) is 0 Å². The Morgan fingerprint density at radius 1 is 0.167 bits per heavy atom. The maximum absolute atomic E-state index is 5.05. The molecule has 11 aromatic rings. The Kier molecular flexibility index (Phi) is 10.9. The summed E-state index contributed by atoms with van der Waals surface area (Å²) in [6, 6.07) is 83.3. The normalized spacial score (nSPS) is 11.0. The van der Waals surface area contributed by atoms with Crippen LogP contribution in [0.25, 0.3) is 113 Å². The molecule has 11 rings (SSSR count). The van der Waals surface area contributed by atoms with E-state index in [9.17, 15) is 0 Å². The van der Waals surface area contributed by atoms with E-state index in [4.69, 9.17) is 29.9 Å². The van der Waals surface area contributed by atoms with Gasteiger partial charge in [-0.3, -0.25) is 0 Å². The van der Waals surface area contributed by atoms with Crippen molar-refractivity contribution >= 4 is 0 Å². The first-order valence-corrected chi connectivity index (χ1v) is 21.9. The van der Waals surface area contributed by atoms with Crippen LogP contribution in [0.5, 0.6) is 0 Å². The zero-order valence-corrected chi connectivity index (χ0v) is 35.8. The van der Waals surface area contributed by atoms with Gasteiger partial charge in [0.2, 0.25) is 0 Å². The highest BCUT2D eigenvalue weighted by molar-refractivity contribution is 5.98. The van der Waals surface area contributed by atoms with E-state index in [2.05, 4.69) is 121 Å². The third-order valence-electron chi connectivity index (χ3n) is 11.6. The van der Waals surface area contributed by atoms with Crippen molar-refractivity contribution in [1.82, 2.24) is 29.9 Å². The summed E-state index contributed by atoms with van der Waals surface area (Å²) >= 11 is 0. The molecule has 0 aliphatic carbocycles. The van der Waals surface area contributed by atoms with Crippen molar-refractivity contribution in [2.75, 3.05) is 0 Å². The number of hydrogen-bond acceptors (Lipinski definition) is 6. The van der Waals surface area contributed by atoms with Crippen LogP contribution < -0.4 is 0 Å². The Bertz CT molecular complexity index is 3250. The van der Waals surface area contributed by atoms with Crippen LogP contribution in [0.2, 0.25) is 0 Å². The minimum atomic E-state index is 0.609. The van der Waals surface area contributed by atoms with Gasteiger partial charge in [-0.25, -0.2) is 29.9 Å². The first kappa shape index (κ1) is 39.8. The Morgan fingerprint density at radius 3 is 0.773 bits per heavy atom. The third-order valence-corrected chi connectivity index (χ3v) is 11.6. The molecule has 2 heterocycles. The second-order valence-corrected chi connectivity index (χ2v) is 15.9. The Hall–Kier alpha value is -9.00. The molecule has 0 unspecified atom stereocenters. The van der Waals surface area contributed by atoms with E-state index in [0.29, 0.717) is 34.9 Å². The fraction of sp³-hybridized carbons (Fsp3) is 0. The topological polar surface area (TPSA) is 77.3 Å². The van der Waals surface area contributed by atoms with Crippen LogP contribution in [-0.2, 0) is 0 Å². The molecule has 0 N–H and O–H groups in total. The van der Waals surface area contributed by atoms with Gasteiger partial charge in [0.15, 0.2) is 34.9 Å². The van der Waals surface area contributed by atoms with Gasteiger partial charge in [-0.1, -0.05) is 224 Å². The van der Waals surface area contributed by atoms with E-state index < -0.39 is 0 Å². The molecule has 0 saturated heterocycles. The van der Waals surface area contributed by atoms with Crippen molar-refractivity contribution in [1.29, 1.82) is 0 Å². The Labute approximate surface area is 383 Å². The minimum Gasteiger partial charge on any atom is -0.208 e. The quantitative estimate of drug-likeness (QED) is 0.136. The summed E-state index contributed by atoms with van der Waals surface area (Å²) in [5.41, 5.74) is 14.3. The summed E-state index contributed by atoms with van der Waals surface area (Å²) in [5, 5.41) is 0. The van der Waals surface area contributed by atoms with E-state index in [1.54, 1.807) is 0 Å². The maximum atomic E-state index is 5.05. The van der Waals surface area contributed by atoms with E-state index in [0.717, 1.165) is 77.9 Å². The van der Waals surface area contributed by atoms with E-state index in [-0.39, 0.29) is 0 Å². The summed E-state index contributed by atoms with van der Waals surface area (Å²) in [6.45, 7) is 0. The van der Waals surface area contributed by atoms with Crippen molar-refractivity contribution in [3.05, 3.63) is 243 Å². The first-order chi connectivity index (χ1) is 32.7. The predicted molar refractivity (Wildman–Crippen MR) is 268 cm³/mol. The summed E-state index contributed by atoms with van der Waals surface area (Å²) in [6.07, 6.45) is 0. The molecule has 6 heteroatoms. The lowest BCUT2D eigenvalue weighted by Gasteiger charge is -2.19. The highest BCUT2D eigenvalue weighted by Crippen LogP contribution is 2.44. The molecule has 0 amide bonds. The first-order valence-electron chi connectivity index (χ1n) is 21.9. The van der Waals surface area contributed by atoms with Gasteiger partial charge in [-0.05, 0) is 62.7 Å². The van der Waals surface area contributed by atoms with Gasteiger partial charge >= 0.3 is 0 Å². The zero-order valence-electron chi connectivity index (χ0n) is 35.8. The Balaban J connectivity index is 1.05. The summed E-state index contributed by atoms with van der Waals surface area (Å²) in [5.74, 6) is 3.73. The molecule has 0 aliphatic heterocycles. The lowest BCUT2D eigenvalue weighted by Crippen LogP contribution is -2.00. The van der Waals surface area contributed by atoms with Crippen molar-refractivity contribution in [3.63, 3.8) is 0 Å². The molecule has 9 aromatic carbocycles. The lowest BCUT2D eigenvalue weighted by molar-refractivity contribution is 1.07. The molecule has 0 bridgehead atoms. The molecular formula is C60H40N6. The van der Waals surface area contributed by atoms with Gasteiger partial charge in [-0.15, -0.1) is 0 Å². The molecule has 2 aromatic heterocycles. The van der Waals surface area contributed by atoms with Gasteiger partial charge in [0, 0.05) is 33.4 Å². The summed E-state index contributed by atoms with van der Waals surface area (Å²) < 4.78 is 0. The predicted octanol–water partition coefficient (Wildman–Crippen LogP) is 14.7. The van der Waals surface area contributed by atoms with Crippen molar-refractivity contribution in [2.24, 2.45) is 0 Å². The van der Waals surface area contributed by atoms with Crippen LogP contribution in [-0.4, -0.2) is 29.9 Å². The van der Waals surface area contributed by atoms with Crippen LogP contribution in [0.1, 0.15) is 0 Å². The van der Waals surface area contributed by atoms with Gasteiger partial charge in [0.05, 0.1) is 0 Å². The van der Waals surface area contributed by atoms with Crippen LogP contribution in [0.3, 0.4) is 0 Å². The smallest absolute Gasteiger partial charge is 0.164 e. The van der Waals surface area contributed by atoms with Crippen molar-refractivity contribution in [2.45, 2.75) is 0 Å². The summed E-state index contributed by atoms with van der Waals surface area (Å²) in [7, 11) is 0.